The summed E-state index contributed by atoms with van der Waals surface area (Å²) < 4.78 is 6.68. The van der Waals surface area contributed by atoms with Crippen LogP contribution in [0.25, 0.3) is 5.69 Å². The molecule has 32 heavy (non-hydrogen) atoms. The van der Waals surface area contributed by atoms with E-state index in [9.17, 15) is 14.9 Å². The predicted octanol–water partition coefficient (Wildman–Crippen LogP) is 2.85. The van der Waals surface area contributed by atoms with Crippen LogP contribution in [0.2, 0.25) is 0 Å². The van der Waals surface area contributed by atoms with E-state index in [1.54, 1.807) is 31.1 Å². The molecule has 4 rings (SSSR count). The number of ether oxygens (including phenoxy) is 1. The van der Waals surface area contributed by atoms with E-state index < -0.39 is 4.92 Å². The van der Waals surface area contributed by atoms with Gasteiger partial charge in [0.15, 0.2) is 5.69 Å². The first-order chi connectivity index (χ1) is 15.5. The molecule has 1 fully saturated rings. The third kappa shape index (κ3) is 4.25. The van der Waals surface area contributed by atoms with Crippen molar-refractivity contribution in [3.05, 3.63) is 70.0 Å². The number of carbonyl (C=O) groups is 1. The van der Waals surface area contributed by atoms with Crippen LogP contribution in [0.5, 0.6) is 5.75 Å². The fraction of sp³-hybridized carbons (Fsp3) is 0.318. The highest BCUT2D eigenvalue weighted by atomic mass is 16.6. The summed E-state index contributed by atoms with van der Waals surface area (Å²) in [5, 5.41) is 19.2. The molecule has 0 radical (unpaired) electrons. The van der Waals surface area contributed by atoms with Gasteiger partial charge < -0.3 is 14.5 Å². The Bertz CT molecular complexity index is 1130. The van der Waals surface area contributed by atoms with Crippen LogP contribution in [0, 0.1) is 17.0 Å². The summed E-state index contributed by atoms with van der Waals surface area (Å²) in [6.45, 7) is 4.47. The van der Waals surface area contributed by atoms with Gasteiger partial charge in [-0.3, -0.25) is 14.9 Å². The number of hydrogen-bond acceptors (Lipinski definition) is 7. The molecule has 10 nitrogen and oxygen atoms in total. The lowest BCUT2D eigenvalue weighted by Crippen LogP contribution is -2.35. The van der Waals surface area contributed by atoms with E-state index in [-0.39, 0.29) is 17.3 Å². The van der Waals surface area contributed by atoms with Crippen molar-refractivity contribution in [2.45, 2.75) is 13.3 Å². The maximum Gasteiger partial charge on any atom is 0.276 e. The summed E-state index contributed by atoms with van der Waals surface area (Å²) in [6.07, 6.45) is 0.829. The van der Waals surface area contributed by atoms with Gasteiger partial charge in [0, 0.05) is 44.0 Å². The van der Waals surface area contributed by atoms with E-state index in [1.807, 2.05) is 24.3 Å². The normalized spacial score (nSPS) is 14.2. The van der Waals surface area contributed by atoms with Crippen LogP contribution in [0.15, 0.2) is 48.5 Å². The average molecular weight is 436 g/mol. The highest BCUT2D eigenvalue weighted by molar-refractivity contribution is 5.93. The molecule has 2 heterocycles. The minimum Gasteiger partial charge on any atom is -0.497 e. The molecular formula is C22H24N6O4. The second kappa shape index (κ2) is 9.04. The molecule has 0 saturated carbocycles. The van der Waals surface area contributed by atoms with Gasteiger partial charge in [0.1, 0.15) is 5.75 Å². The van der Waals surface area contributed by atoms with E-state index in [0.717, 1.165) is 24.4 Å². The third-order valence-corrected chi connectivity index (χ3v) is 5.60. The molecule has 3 aromatic rings. The van der Waals surface area contributed by atoms with Gasteiger partial charge >= 0.3 is 0 Å². The summed E-state index contributed by atoms with van der Waals surface area (Å²) in [5.41, 5.74) is 2.34. The molecule has 1 saturated heterocycles. The molecule has 2 aromatic carbocycles. The van der Waals surface area contributed by atoms with Crippen LogP contribution in [0.4, 0.5) is 11.4 Å². The number of anilines is 1. The fourth-order valence-electron chi connectivity index (χ4n) is 3.83. The lowest BCUT2D eigenvalue weighted by atomic mass is 10.2. The number of aromatic nitrogens is 3. The number of benzene rings is 2. The first-order valence-corrected chi connectivity index (χ1v) is 10.3. The van der Waals surface area contributed by atoms with Crippen molar-refractivity contribution in [3.63, 3.8) is 0 Å². The smallest absolute Gasteiger partial charge is 0.276 e. The van der Waals surface area contributed by atoms with Crippen molar-refractivity contribution in [2.75, 3.05) is 38.2 Å². The van der Waals surface area contributed by atoms with E-state index in [0.29, 0.717) is 31.0 Å². The number of non-ortho nitro benzene ring substituents is 1. The van der Waals surface area contributed by atoms with Crippen molar-refractivity contribution >= 4 is 17.3 Å². The fourth-order valence-corrected chi connectivity index (χ4v) is 3.83. The van der Waals surface area contributed by atoms with Crippen LogP contribution in [0.1, 0.15) is 22.6 Å². The number of amides is 1. The molecule has 0 N–H and O–H groups in total. The van der Waals surface area contributed by atoms with Crippen LogP contribution in [-0.2, 0) is 0 Å². The van der Waals surface area contributed by atoms with Gasteiger partial charge in [-0.25, -0.2) is 4.68 Å². The Morgan fingerprint density at radius 2 is 1.84 bits per heavy atom. The Balaban J connectivity index is 1.49. The molecule has 0 spiro atoms. The first kappa shape index (κ1) is 21.3. The van der Waals surface area contributed by atoms with Crippen molar-refractivity contribution in [1.82, 2.24) is 19.9 Å². The molecule has 1 aliphatic rings. The molecule has 0 aliphatic carbocycles. The zero-order valence-corrected chi connectivity index (χ0v) is 18.0. The quantitative estimate of drug-likeness (QED) is 0.447. The van der Waals surface area contributed by atoms with Gasteiger partial charge in [-0.2, -0.15) is 0 Å². The Morgan fingerprint density at radius 1 is 1.06 bits per heavy atom. The van der Waals surface area contributed by atoms with Gasteiger partial charge in [-0.15, -0.1) is 5.10 Å². The number of nitro benzene ring substituents is 1. The summed E-state index contributed by atoms with van der Waals surface area (Å²) in [7, 11) is 1.64. The van der Waals surface area contributed by atoms with Crippen molar-refractivity contribution < 1.29 is 14.5 Å². The first-order valence-electron chi connectivity index (χ1n) is 10.3. The monoisotopic (exact) mass is 436 g/mol. The highest BCUT2D eigenvalue weighted by Gasteiger charge is 2.25. The molecule has 166 valence electrons. The molecule has 0 bridgehead atoms. The highest BCUT2D eigenvalue weighted by Crippen LogP contribution is 2.22. The summed E-state index contributed by atoms with van der Waals surface area (Å²) in [6, 6.07) is 14.0. The van der Waals surface area contributed by atoms with Crippen LogP contribution in [0.3, 0.4) is 0 Å². The minimum absolute atomic E-state index is 0.0450. The second-order valence-electron chi connectivity index (χ2n) is 7.54. The van der Waals surface area contributed by atoms with Crippen molar-refractivity contribution in [1.29, 1.82) is 0 Å². The standard InChI is InChI=1S/C22H24N6O4/c1-16-21(23-24-27(16)18-5-3-6-19(15-18)28(30)31)22(29)26-12-4-11-25(13-14-26)17-7-9-20(32-2)10-8-17/h3,5-10,15H,4,11-14H2,1-2H3. The number of hydrogen-bond donors (Lipinski definition) is 0. The molecule has 1 aliphatic heterocycles. The average Bonchev–Trinajstić information content (AvgIpc) is 3.03. The predicted molar refractivity (Wildman–Crippen MR) is 118 cm³/mol. The maximum absolute atomic E-state index is 13.2. The van der Waals surface area contributed by atoms with Gasteiger partial charge in [-0.1, -0.05) is 11.3 Å². The van der Waals surface area contributed by atoms with Gasteiger partial charge in [0.2, 0.25) is 0 Å². The Kier molecular flexibility index (Phi) is 6.02. The van der Waals surface area contributed by atoms with Gasteiger partial charge in [0.05, 0.1) is 23.4 Å². The van der Waals surface area contributed by atoms with E-state index >= 15 is 0 Å². The zero-order chi connectivity index (χ0) is 22.7. The SMILES string of the molecule is COc1ccc(N2CCCN(C(=O)c3nnn(-c4cccc([N+](=O)[O-])c4)c3C)CC2)cc1. The largest absolute Gasteiger partial charge is 0.497 e. The summed E-state index contributed by atoms with van der Waals surface area (Å²) in [4.78, 5) is 27.8. The topological polar surface area (TPSA) is 107 Å². The van der Waals surface area contributed by atoms with Crippen LogP contribution < -0.4 is 9.64 Å². The number of rotatable bonds is 5. The third-order valence-electron chi connectivity index (χ3n) is 5.60. The Hall–Kier alpha value is -3.95. The molecule has 0 unspecified atom stereocenters. The van der Waals surface area contributed by atoms with Crippen LogP contribution in [-0.4, -0.2) is 64.0 Å². The Morgan fingerprint density at radius 3 is 2.56 bits per heavy atom. The summed E-state index contributed by atoms with van der Waals surface area (Å²) >= 11 is 0. The molecule has 1 amide bonds. The lowest BCUT2D eigenvalue weighted by molar-refractivity contribution is -0.384. The van der Waals surface area contributed by atoms with E-state index in [2.05, 4.69) is 15.2 Å². The van der Waals surface area contributed by atoms with Crippen molar-refractivity contribution in [2.24, 2.45) is 0 Å². The van der Waals surface area contributed by atoms with Crippen LogP contribution >= 0.6 is 0 Å². The summed E-state index contributed by atoms with van der Waals surface area (Å²) in [5.74, 6) is 0.624. The van der Waals surface area contributed by atoms with Gasteiger partial charge in [-0.05, 0) is 43.7 Å². The maximum atomic E-state index is 13.2. The van der Waals surface area contributed by atoms with E-state index in [1.165, 1.54) is 16.8 Å². The number of nitrogens with zero attached hydrogens (tertiary/aromatic N) is 6. The second-order valence-corrected chi connectivity index (χ2v) is 7.54. The molecule has 10 heteroatoms. The molecule has 1 aromatic heterocycles. The minimum atomic E-state index is -0.465. The number of methoxy groups -OCH3 is 1. The number of nitro groups is 1. The Labute approximate surface area is 185 Å². The van der Waals surface area contributed by atoms with Gasteiger partial charge in [0.25, 0.3) is 11.6 Å². The zero-order valence-electron chi connectivity index (χ0n) is 18.0. The number of carbonyl (C=O) groups excluding carboxylic acids is 1. The molecular weight excluding hydrogens is 412 g/mol. The molecule has 0 atom stereocenters. The van der Waals surface area contributed by atoms with E-state index in [4.69, 9.17) is 4.74 Å². The van der Waals surface area contributed by atoms with Crippen molar-refractivity contribution in [3.8, 4) is 11.4 Å². The lowest BCUT2D eigenvalue weighted by Gasteiger charge is -2.23.